The van der Waals surface area contributed by atoms with Gasteiger partial charge in [0.05, 0.1) is 9.85 Å². The van der Waals surface area contributed by atoms with Gasteiger partial charge in [-0.25, -0.2) is 0 Å². The summed E-state index contributed by atoms with van der Waals surface area (Å²) >= 11 is 0. The van der Waals surface area contributed by atoms with E-state index < -0.39 is 51.5 Å². The highest BCUT2D eigenvalue weighted by molar-refractivity contribution is 7.86. The van der Waals surface area contributed by atoms with Crippen molar-refractivity contribution in [3.63, 3.8) is 0 Å². The van der Waals surface area contributed by atoms with Crippen LogP contribution in [0.3, 0.4) is 0 Å². The first kappa shape index (κ1) is 27.1. The number of rotatable bonds is 8. The Morgan fingerprint density at radius 2 is 1.19 bits per heavy atom. The van der Waals surface area contributed by atoms with Crippen molar-refractivity contribution in [1.29, 1.82) is 0 Å². The van der Waals surface area contributed by atoms with E-state index in [-0.39, 0.29) is 28.1 Å². The summed E-state index contributed by atoms with van der Waals surface area (Å²) in [6.45, 7) is 0. The van der Waals surface area contributed by atoms with Gasteiger partial charge >= 0.3 is 0 Å². The molecule has 14 nitrogen and oxygen atoms in total. The minimum absolute atomic E-state index is 0.0268. The summed E-state index contributed by atoms with van der Waals surface area (Å²) in [5, 5.41) is 24.0. The molecule has 0 spiro atoms. The normalized spacial score (nSPS) is 11.8. The molecule has 0 aliphatic carbocycles. The van der Waals surface area contributed by atoms with E-state index in [4.69, 9.17) is 0 Å². The Balaban J connectivity index is 1.97. The van der Waals surface area contributed by atoms with Crippen molar-refractivity contribution in [1.82, 2.24) is 0 Å². The van der Waals surface area contributed by atoms with Crippen molar-refractivity contribution in [2.75, 3.05) is 5.32 Å². The standard InChI is InChI=1S/C21H15N3O11S2/c25-21(15-5-8-17(9-6-15)23(26)27)22-16-7-3-13(19(11-16)36(30,31)32)1-2-14-4-10-18(24(28)29)12-20(14)37(33,34)35/h1-12H,(H,22,25)(H,30,31,32)(H,33,34,35)/b2-1+. The van der Waals surface area contributed by atoms with Crippen LogP contribution in [0.15, 0.2) is 70.5 Å². The van der Waals surface area contributed by atoms with E-state index in [9.17, 15) is 51.0 Å². The lowest BCUT2D eigenvalue weighted by atomic mass is 10.1. The van der Waals surface area contributed by atoms with Crippen LogP contribution in [-0.2, 0) is 20.2 Å². The summed E-state index contributed by atoms with van der Waals surface area (Å²) in [6, 6.07) is 10.5. The molecule has 0 bridgehead atoms. The molecule has 0 heterocycles. The van der Waals surface area contributed by atoms with Crippen molar-refractivity contribution in [3.05, 3.63) is 97.6 Å². The predicted octanol–water partition coefficient (Wildman–Crippen LogP) is 3.42. The summed E-state index contributed by atoms with van der Waals surface area (Å²) in [5.41, 5.74) is -1.27. The van der Waals surface area contributed by atoms with Crippen molar-refractivity contribution in [2.24, 2.45) is 0 Å². The third kappa shape index (κ3) is 6.58. The van der Waals surface area contributed by atoms with E-state index in [0.29, 0.717) is 6.07 Å². The molecular weight excluding hydrogens is 534 g/mol. The molecule has 0 unspecified atom stereocenters. The van der Waals surface area contributed by atoms with Crippen molar-refractivity contribution < 1.29 is 40.6 Å². The zero-order valence-corrected chi connectivity index (χ0v) is 19.8. The van der Waals surface area contributed by atoms with Gasteiger partial charge in [0, 0.05) is 35.5 Å². The molecule has 3 aromatic rings. The third-order valence-electron chi connectivity index (χ3n) is 4.82. The number of amides is 1. The van der Waals surface area contributed by atoms with Gasteiger partial charge < -0.3 is 5.32 Å². The number of carbonyl (C=O) groups is 1. The Morgan fingerprint density at radius 1 is 0.730 bits per heavy atom. The van der Waals surface area contributed by atoms with Gasteiger partial charge in [0.25, 0.3) is 37.5 Å². The molecular formula is C21H15N3O11S2. The molecule has 1 amide bonds. The fourth-order valence-electron chi connectivity index (χ4n) is 3.09. The number of hydrogen-bond donors (Lipinski definition) is 3. The van der Waals surface area contributed by atoms with E-state index in [2.05, 4.69) is 5.32 Å². The van der Waals surface area contributed by atoms with E-state index in [1.165, 1.54) is 24.3 Å². The van der Waals surface area contributed by atoms with Gasteiger partial charge in [-0.15, -0.1) is 0 Å². The second kappa shape index (κ2) is 10.2. The molecule has 0 fully saturated rings. The number of anilines is 1. The third-order valence-corrected chi connectivity index (χ3v) is 6.64. The molecule has 3 aromatic carbocycles. The molecule has 3 N–H and O–H groups in total. The van der Waals surface area contributed by atoms with Gasteiger partial charge in [-0.3, -0.25) is 34.1 Å². The molecule has 0 atom stereocenters. The van der Waals surface area contributed by atoms with E-state index in [1.807, 2.05) is 0 Å². The molecule has 0 radical (unpaired) electrons. The fourth-order valence-corrected chi connectivity index (χ4v) is 4.50. The molecule has 192 valence electrons. The highest BCUT2D eigenvalue weighted by Crippen LogP contribution is 2.27. The number of nitro groups is 2. The van der Waals surface area contributed by atoms with Crippen LogP contribution < -0.4 is 5.32 Å². The smallest absolute Gasteiger partial charge is 0.295 e. The van der Waals surface area contributed by atoms with Crippen LogP contribution in [-0.4, -0.2) is 41.7 Å². The Bertz CT molecular complexity index is 1660. The highest BCUT2D eigenvalue weighted by atomic mass is 32.2. The van der Waals surface area contributed by atoms with Gasteiger partial charge in [0.15, 0.2) is 0 Å². The number of hydrogen-bond acceptors (Lipinski definition) is 9. The van der Waals surface area contributed by atoms with Gasteiger partial charge in [0.2, 0.25) is 0 Å². The molecule has 0 saturated heterocycles. The summed E-state index contributed by atoms with van der Waals surface area (Å²) in [4.78, 5) is 31.1. The van der Waals surface area contributed by atoms with Crippen LogP contribution in [0.4, 0.5) is 17.1 Å². The quantitative estimate of drug-likeness (QED) is 0.160. The molecule has 0 aliphatic rings. The number of nitro benzene ring substituents is 2. The zero-order chi connectivity index (χ0) is 27.5. The van der Waals surface area contributed by atoms with Gasteiger partial charge in [-0.2, -0.15) is 16.8 Å². The second-order valence-corrected chi connectivity index (χ2v) is 10.1. The van der Waals surface area contributed by atoms with Crippen molar-refractivity contribution in [2.45, 2.75) is 9.79 Å². The minimum Gasteiger partial charge on any atom is -0.322 e. The topological polar surface area (TPSA) is 224 Å². The minimum atomic E-state index is -4.89. The van der Waals surface area contributed by atoms with Crippen molar-refractivity contribution in [3.8, 4) is 0 Å². The second-order valence-electron chi connectivity index (χ2n) is 7.27. The summed E-state index contributed by atoms with van der Waals surface area (Å²) in [5.74, 6) is -0.733. The van der Waals surface area contributed by atoms with Crippen LogP contribution in [0.2, 0.25) is 0 Å². The molecule has 3 rings (SSSR count). The molecule has 0 aromatic heterocycles. The lowest BCUT2D eigenvalue weighted by Crippen LogP contribution is -2.12. The number of nitrogens with one attached hydrogen (secondary N) is 1. The monoisotopic (exact) mass is 549 g/mol. The largest absolute Gasteiger partial charge is 0.322 e. The number of non-ortho nitro benzene ring substituents is 2. The van der Waals surface area contributed by atoms with Gasteiger partial charge in [-0.1, -0.05) is 18.2 Å². The van der Waals surface area contributed by atoms with Crippen molar-refractivity contribution >= 4 is 55.4 Å². The molecule has 37 heavy (non-hydrogen) atoms. The maximum Gasteiger partial charge on any atom is 0.295 e. The van der Waals surface area contributed by atoms with E-state index in [1.54, 1.807) is 0 Å². The van der Waals surface area contributed by atoms with Crippen LogP contribution in [0.5, 0.6) is 0 Å². The lowest BCUT2D eigenvalue weighted by Gasteiger charge is -2.09. The zero-order valence-electron chi connectivity index (χ0n) is 18.2. The Hall–Kier alpha value is -4.51. The average Bonchev–Trinajstić information content (AvgIpc) is 2.81. The Kier molecular flexibility index (Phi) is 7.49. The Morgan fingerprint density at radius 3 is 1.68 bits per heavy atom. The van der Waals surface area contributed by atoms with E-state index >= 15 is 0 Å². The van der Waals surface area contributed by atoms with Gasteiger partial charge in [0.1, 0.15) is 9.79 Å². The lowest BCUT2D eigenvalue weighted by molar-refractivity contribution is -0.385. The predicted molar refractivity (Wildman–Crippen MR) is 129 cm³/mol. The van der Waals surface area contributed by atoms with E-state index in [0.717, 1.165) is 42.5 Å². The number of benzene rings is 3. The first-order valence-corrected chi connectivity index (χ1v) is 12.7. The van der Waals surface area contributed by atoms with Crippen LogP contribution >= 0.6 is 0 Å². The number of carbonyl (C=O) groups excluding carboxylic acids is 1. The number of nitrogens with zero attached hydrogens (tertiary/aromatic N) is 2. The maximum atomic E-state index is 12.4. The van der Waals surface area contributed by atoms with Gasteiger partial charge in [-0.05, 0) is 41.5 Å². The highest BCUT2D eigenvalue weighted by Gasteiger charge is 2.20. The Labute approximate surface area is 208 Å². The fraction of sp³-hybridized carbons (Fsp3) is 0. The molecule has 16 heteroatoms. The summed E-state index contributed by atoms with van der Waals surface area (Å²) in [6.07, 6.45) is 2.12. The van der Waals surface area contributed by atoms with Crippen LogP contribution in [0, 0.1) is 20.2 Å². The average molecular weight is 549 g/mol. The first-order valence-electron chi connectivity index (χ1n) is 9.78. The molecule has 0 saturated carbocycles. The van der Waals surface area contributed by atoms with Crippen LogP contribution in [0.1, 0.15) is 21.5 Å². The summed E-state index contributed by atoms with van der Waals surface area (Å²) < 4.78 is 66.3. The maximum absolute atomic E-state index is 12.4. The summed E-state index contributed by atoms with van der Waals surface area (Å²) in [7, 11) is -9.76. The SMILES string of the molecule is O=C(Nc1ccc(/C=C/c2ccc([N+](=O)[O-])cc2S(=O)(=O)O)c(S(=O)(=O)O)c1)c1ccc([N+](=O)[O-])cc1. The molecule has 0 aliphatic heterocycles. The first-order chi connectivity index (χ1) is 17.2. The van der Waals surface area contributed by atoms with Crippen LogP contribution in [0.25, 0.3) is 12.2 Å².